The zero-order valence-corrected chi connectivity index (χ0v) is 8.62. The molecule has 0 aromatic heterocycles. The van der Waals surface area contributed by atoms with Crippen molar-refractivity contribution in [2.24, 2.45) is 0 Å². The number of hydrogen-bond acceptors (Lipinski definition) is 4. The van der Waals surface area contributed by atoms with Crippen LogP contribution in [0, 0.1) is 0 Å². The van der Waals surface area contributed by atoms with E-state index in [9.17, 15) is 9.59 Å². The Hall–Kier alpha value is -1.32. The molecule has 0 aromatic rings. The molecule has 0 radical (unpaired) electrons. The molecule has 0 heterocycles. The van der Waals surface area contributed by atoms with Crippen LogP contribution in [0.5, 0.6) is 0 Å². The van der Waals surface area contributed by atoms with Gasteiger partial charge in [0.15, 0.2) is 0 Å². The Bertz CT molecular complexity index is 186. The minimum absolute atomic E-state index is 0.368. The van der Waals surface area contributed by atoms with Crippen LogP contribution in [-0.2, 0) is 19.1 Å². The SMILES string of the molecule is CCCOC(=O)/C=C\C(=O)OCCC. The molecule has 0 atom stereocenters. The molecule has 4 nitrogen and oxygen atoms in total. The molecule has 0 aromatic carbocycles. The summed E-state index contributed by atoms with van der Waals surface area (Å²) in [4.78, 5) is 21.7. The van der Waals surface area contributed by atoms with Crippen molar-refractivity contribution in [1.82, 2.24) is 0 Å². The lowest BCUT2D eigenvalue weighted by Crippen LogP contribution is -2.05. The topological polar surface area (TPSA) is 52.6 Å². The summed E-state index contributed by atoms with van der Waals surface area (Å²) < 4.78 is 9.43. The van der Waals surface area contributed by atoms with E-state index in [-0.39, 0.29) is 0 Å². The number of esters is 2. The Morgan fingerprint density at radius 1 is 0.929 bits per heavy atom. The van der Waals surface area contributed by atoms with Gasteiger partial charge < -0.3 is 9.47 Å². The quantitative estimate of drug-likeness (QED) is 0.481. The highest BCUT2D eigenvalue weighted by molar-refractivity contribution is 5.91. The van der Waals surface area contributed by atoms with Crippen LogP contribution in [0.3, 0.4) is 0 Å². The van der Waals surface area contributed by atoms with Crippen LogP contribution in [0.1, 0.15) is 26.7 Å². The molecule has 0 bridgehead atoms. The maximum atomic E-state index is 10.9. The normalized spacial score (nSPS) is 10.1. The smallest absolute Gasteiger partial charge is 0.331 e. The van der Waals surface area contributed by atoms with Gasteiger partial charge in [-0.25, -0.2) is 9.59 Å². The lowest BCUT2D eigenvalue weighted by Gasteiger charge is -1.98. The summed E-state index contributed by atoms with van der Waals surface area (Å²) in [7, 11) is 0. The van der Waals surface area contributed by atoms with Crippen LogP contribution in [-0.4, -0.2) is 25.2 Å². The molecule has 14 heavy (non-hydrogen) atoms. The predicted octanol–water partition coefficient (Wildman–Crippen LogP) is 1.45. The molecule has 80 valence electrons. The summed E-state index contributed by atoms with van der Waals surface area (Å²) in [5.41, 5.74) is 0. The Kier molecular flexibility index (Phi) is 7.50. The number of rotatable bonds is 6. The second kappa shape index (κ2) is 8.29. The highest BCUT2D eigenvalue weighted by Crippen LogP contribution is 1.88. The minimum atomic E-state index is -0.514. The van der Waals surface area contributed by atoms with Gasteiger partial charge >= 0.3 is 11.9 Å². The van der Waals surface area contributed by atoms with Gasteiger partial charge in [0, 0.05) is 12.2 Å². The first-order valence-corrected chi connectivity index (χ1v) is 4.72. The van der Waals surface area contributed by atoms with E-state index in [1.54, 1.807) is 0 Å². The largest absolute Gasteiger partial charge is 0.463 e. The number of carbonyl (C=O) groups excluding carboxylic acids is 2. The van der Waals surface area contributed by atoms with Crippen LogP contribution in [0.4, 0.5) is 0 Å². The van der Waals surface area contributed by atoms with E-state index in [1.807, 2.05) is 13.8 Å². The molecule has 0 unspecified atom stereocenters. The molecule has 0 N–H and O–H groups in total. The van der Waals surface area contributed by atoms with Gasteiger partial charge in [-0.3, -0.25) is 0 Å². The van der Waals surface area contributed by atoms with Crippen molar-refractivity contribution in [2.75, 3.05) is 13.2 Å². The Morgan fingerprint density at radius 2 is 1.29 bits per heavy atom. The zero-order valence-electron chi connectivity index (χ0n) is 8.62. The van der Waals surface area contributed by atoms with Crippen molar-refractivity contribution in [3.05, 3.63) is 12.2 Å². The summed E-state index contributed by atoms with van der Waals surface area (Å²) in [6, 6.07) is 0. The molecule has 0 aliphatic carbocycles. The van der Waals surface area contributed by atoms with E-state index < -0.39 is 11.9 Å². The van der Waals surface area contributed by atoms with E-state index >= 15 is 0 Å². The molecule has 0 saturated carbocycles. The predicted molar refractivity (Wildman–Crippen MR) is 51.6 cm³/mol. The average Bonchev–Trinajstić information content (AvgIpc) is 2.20. The van der Waals surface area contributed by atoms with Gasteiger partial charge in [0.25, 0.3) is 0 Å². The standard InChI is InChI=1S/C10H16O4/c1-3-7-13-9(11)5-6-10(12)14-8-4-2/h5-6H,3-4,7-8H2,1-2H3/b6-5-. The summed E-state index contributed by atoms with van der Waals surface area (Å²) in [5, 5.41) is 0. The van der Waals surface area contributed by atoms with Crippen LogP contribution >= 0.6 is 0 Å². The molecular weight excluding hydrogens is 184 g/mol. The van der Waals surface area contributed by atoms with Crippen LogP contribution < -0.4 is 0 Å². The number of carbonyl (C=O) groups is 2. The number of hydrogen-bond donors (Lipinski definition) is 0. The maximum Gasteiger partial charge on any atom is 0.331 e. The van der Waals surface area contributed by atoms with Gasteiger partial charge in [-0.2, -0.15) is 0 Å². The molecular formula is C10H16O4. The summed E-state index contributed by atoms with van der Waals surface area (Å²) >= 11 is 0. The van der Waals surface area contributed by atoms with Gasteiger partial charge in [-0.15, -0.1) is 0 Å². The maximum absolute atomic E-state index is 10.9. The minimum Gasteiger partial charge on any atom is -0.463 e. The lowest BCUT2D eigenvalue weighted by atomic mass is 10.5. The van der Waals surface area contributed by atoms with E-state index in [2.05, 4.69) is 0 Å². The average molecular weight is 200 g/mol. The lowest BCUT2D eigenvalue weighted by molar-refractivity contribution is -0.140. The molecule has 0 saturated heterocycles. The van der Waals surface area contributed by atoms with Crippen molar-refractivity contribution in [2.45, 2.75) is 26.7 Å². The fourth-order valence-electron chi connectivity index (χ4n) is 0.638. The van der Waals surface area contributed by atoms with Crippen molar-refractivity contribution in [3.8, 4) is 0 Å². The first-order valence-electron chi connectivity index (χ1n) is 4.72. The van der Waals surface area contributed by atoms with Crippen LogP contribution in [0.15, 0.2) is 12.2 Å². The second-order valence-electron chi connectivity index (χ2n) is 2.67. The molecule has 0 aliphatic rings. The monoisotopic (exact) mass is 200 g/mol. The third-order valence-electron chi connectivity index (χ3n) is 1.25. The van der Waals surface area contributed by atoms with E-state index in [4.69, 9.17) is 9.47 Å². The highest BCUT2D eigenvalue weighted by atomic mass is 16.5. The van der Waals surface area contributed by atoms with Gasteiger partial charge in [0.1, 0.15) is 0 Å². The van der Waals surface area contributed by atoms with E-state index in [0.717, 1.165) is 25.0 Å². The molecule has 4 heteroatoms. The molecule has 0 rings (SSSR count). The molecule has 0 fully saturated rings. The summed E-state index contributed by atoms with van der Waals surface area (Å²) in [6.07, 6.45) is 3.68. The van der Waals surface area contributed by atoms with Crippen LogP contribution in [0.25, 0.3) is 0 Å². The van der Waals surface area contributed by atoms with Gasteiger partial charge in [-0.05, 0) is 12.8 Å². The second-order valence-corrected chi connectivity index (χ2v) is 2.67. The molecule has 0 amide bonds. The van der Waals surface area contributed by atoms with Crippen molar-refractivity contribution < 1.29 is 19.1 Å². The summed E-state index contributed by atoms with van der Waals surface area (Å²) in [5.74, 6) is -1.03. The van der Waals surface area contributed by atoms with Gasteiger partial charge in [0.2, 0.25) is 0 Å². The van der Waals surface area contributed by atoms with Crippen molar-refractivity contribution >= 4 is 11.9 Å². The molecule has 0 spiro atoms. The van der Waals surface area contributed by atoms with Crippen molar-refractivity contribution in [3.63, 3.8) is 0 Å². The fraction of sp³-hybridized carbons (Fsp3) is 0.600. The Balaban J connectivity index is 3.68. The van der Waals surface area contributed by atoms with Gasteiger partial charge in [-0.1, -0.05) is 13.8 Å². The molecule has 0 aliphatic heterocycles. The fourth-order valence-corrected chi connectivity index (χ4v) is 0.638. The van der Waals surface area contributed by atoms with Gasteiger partial charge in [0.05, 0.1) is 13.2 Å². The Morgan fingerprint density at radius 3 is 1.57 bits per heavy atom. The number of ether oxygens (including phenoxy) is 2. The van der Waals surface area contributed by atoms with Crippen LogP contribution in [0.2, 0.25) is 0 Å². The zero-order chi connectivity index (χ0) is 10.8. The highest BCUT2D eigenvalue weighted by Gasteiger charge is 1.99. The van der Waals surface area contributed by atoms with Crippen molar-refractivity contribution in [1.29, 1.82) is 0 Å². The third kappa shape index (κ3) is 7.34. The first-order chi connectivity index (χ1) is 6.70. The van der Waals surface area contributed by atoms with E-state index in [0.29, 0.717) is 13.2 Å². The first kappa shape index (κ1) is 12.7. The summed E-state index contributed by atoms with van der Waals surface area (Å²) in [6.45, 7) is 4.53. The Labute approximate surface area is 83.9 Å². The third-order valence-corrected chi connectivity index (χ3v) is 1.25. The van der Waals surface area contributed by atoms with E-state index in [1.165, 1.54) is 0 Å².